The number of hydrogen-bond donors (Lipinski definition) is 0. The van der Waals surface area contributed by atoms with Crippen LogP contribution >= 0.6 is 11.6 Å². The number of halogens is 1. The van der Waals surface area contributed by atoms with E-state index in [9.17, 15) is 9.59 Å². The first-order valence-corrected chi connectivity index (χ1v) is 7.38. The third kappa shape index (κ3) is 7.14. The Bertz CT molecular complexity index is 497. The van der Waals surface area contributed by atoms with Crippen molar-refractivity contribution in [2.45, 2.75) is 40.0 Å². The SMILES string of the molecule is Cc1cc(OC(=O)CCCC(=O)OCC(C)C)ccc1Cl. The maximum atomic E-state index is 11.6. The molecule has 0 aliphatic carbocycles. The Hall–Kier alpha value is -1.55. The lowest BCUT2D eigenvalue weighted by atomic mass is 10.2. The molecule has 21 heavy (non-hydrogen) atoms. The summed E-state index contributed by atoms with van der Waals surface area (Å²) in [4.78, 5) is 23.0. The maximum absolute atomic E-state index is 11.6. The van der Waals surface area contributed by atoms with E-state index in [2.05, 4.69) is 0 Å². The van der Waals surface area contributed by atoms with Gasteiger partial charge in [0.25, 0.3) is 0 Å². The smallest absolute Gasteiger partial charge is 0.311 e. The van der Waals surface area contributed by atoms with Crippen LogP contribution in [0.1, 0.15) is 38.7 Å². The van der Waals surface area contributed by atoms with Crippen molar-refractivity contribution in [3.8, 4) is 5.75 Å². The van der Waals surface area contributed by atoms with Crippen LogP contribution in [0, 0.1) is 12.8 Å². The Labute approximate surface area is 130 Å². The molecule has 0 bridgehead atoms. The molecular formula is C16H21ClO4. The molecule has 0 amide bonds. The molecule has 4 nitrogen and oxygen atoms in total. The Morgan fingerprint density at radius 2 is 1.86 bits per heavy atom. The predicted molar refractivity (Wildman–Crippen MR) is 81.5 cm³/mol. The molecule has 0 unspecified atom stereocenters. The number of carbonyl (C=O) groups is 2. The molecule has 116 valence electrons. The Balaban J connectivity index is 2.28. The molecule has 0 spiro atoms. The number of hydrogen-bond acceptors (Lipinski definition) is 4. The van der Waals surface area contributed by atoms with E-state index in [0.717, 1.165) is 5.56 Å². The van der Waals surface area contributed by atoms with Crippen molar-refractivity contribution < 1.29 is 19.1 Å². The molecular weight excluding hydrogens is 292 g/mol. The molecule has 0 aliphatic heterocycles. The van der Waals surface area contributed by atoms with E-state index in [0.29, 0.717) is 29.7 Å². The van der Waals surface area contributed by atoms with Gasteiger partial charge in [-0.3, -0.25) is 9.59 Å². The van der Waals surface area contributed by atoms with E-state index in [1.54, 1.807) is 18.2 Å². The topological polar surface area (TPSA) is 52.6 Å². The van der Waals surface area contributed by atoms with Gasteiger partial charge in [-0.05, 0) is 43.0 Å². The van der Waals surface area contributed by atoms with E-state index < -0.39 is 0 Å². The molecule has 1 aromatic carbocycles. The molecule has 1 rings (SSSR count). The molecule has 5 heteroatoms. The molecule has 1 aromatic rings. The quantitative estimate of drug-likeness (QED) is 0.565. The number of benzene rings is 1. The summed E-state index contributed by atoms with van der Waals surface area (Å²) < 4.78 is 10.2. The van der Waals surface area contributed by atoms with Gasteiger partial charge in [-0.15, -0.1) is 0 Å². The first-order chi connectivity index (χ1) is 9.88. The van der Waals surface area contributed by atoms with Gasteiger partial charge in [0.15, 0.2) is 0 Å². The molecule has 0 saturated carbocycles. The summed E-state index contributed by atoms with van der Waals surface area (Å²) in [5.74, 6) is 0.128. The molecule has 0 saturated heterocycles. The van der Waals surface area contributed by atoms with Crippen molar-refractivity contribution in [2.75, 3.05) is 6.61 Å². The lowest BCUT2D eigenvalue weighted by Gasteiger charge is -2.07. The van der Waals surface area contributed by atoms with E-state index in [1.165, 1.54) is 0 Å². The van der Waals surface area contributed by atoms with Gasteiger partial charge in [0.1, 0.15) is 5.75 Å². The number of aryl methyl sites for hydroxylation is 1. The number of rotatable bonds is 7. The van der Waals surface area contributed by atoms with E-state index in [-0.39, 0.29) is 24.8 Å². The maximum Gasteiger partial charge on any atom is 0.311 e. The minimum Gasteiger partial charge on any atom is -0.465 e. The molecule has 0 N–H and O–H groups in total. The third-order valence-electron chi connectivity index (χ3n) is 2.70. The number of ether oxygens (including phenoxy) is 2. The fourth-order valence-electron chi connectivity index (χ4n) is 1.57. The van der Waals surface area contributed by atoms with Crippen LogP contribution in [0.3, 0.4) is 0 Å². The Morgan fingerprint density at radius 1 is 1.19 bits per heavy atom. The summed E-state index contributed by atoms with van der Waals surface area (Å²) in [6.45, 7) is 6.19. The average Bonchev–Trinajstić information content (AvgIpc) is 2.40. The van der Waals surface area contributed by atoms with Crippen LogP contribution in [0.15, 0.2) is 18.2 Å². The van der Waals surface area contributed by atoms with Crippen molar-refractivity contribution in [3.05, 3.63) is 28.8 Å². The first kappa shape index (κ1) is 17.5. The van der Waals surface area contributed by atoms with E-state index >= 15 is 0 Å². The monoisotopic (exact) mass is 312 g/mol. The van der Waals surface area contributed by atoms with Crippen molar-refractivity contribution in [1.82, 2.24) is 0 Å². The fourth-order valence-corrected chi connectivity index (χ4v) is 1.69. The highest BCUT2D eigenvalue weighted by Gasteiger charge is 2.09. The van der Waals surface area contributed by atoms with Gasteiger partial charge in [-0.1, -0.05) is 25.4 Å². The third-order valence-corrected chi connectivity index (χ3v) is 3.12. The van der Waals surface area contributed by atoms with Crippen molar-refractivity contribution >= 4 is 23.5 Å². The van der Waals surface area contributed by atoms with Gasteiger partial charge in [0.2, 0.25) is 0 Å². The summed E-state index contributed by atoms with van der Waals surface area (Å²) in [6.07, 6.45) is 0.822. The van der Waals surface area contributed by atoms with E-state index in [4.69, 9.17) is 21.1 Å². The number of esters is 2. The van der Waals surface area contributed by atoms with Gasteiger partial charge in [-0.2, -0.15) is 0 Å². The average molecular weight is 313 g/mol. The van der Waals surface area contributed by atoms with Crippen molar-refractivity contribution in [3.63, 3.8) is 0 Å². The van der Waals surface area contributed by atoms with Gasteiger partial charge in [-0.25, -0.2) is 0 Å². The van der Waals surface area contributed by atoms with Crippen molar-refractivity contribution in [1.29, 1.82) is 0 Å². The fraction of sp³-hybridized carbons (Fsp3) is 0.500. The van der Waals surface area contributed by atoms with Crippen LogP contribution < -0.4 is 4.74 Å². The lowest BCUT2D eigenvalue weighted by Crippen LogP contribution is -2.12. The van der Waals surface area contributed by atoms with Crippen LogP contribution in [-0.2, 0) is 14.3 Å². The zero-order chi connectivity index (χ0) is 15.8. The normalized spacial score (nSPS) is 10.5. The summed E-state index contributed by atoms with van der Waals surface area (Å²) >= 11 is 5.90. The summed E-state index contributed by atoms with van der Waals surface area (Å²) in [6, 6.07) is 5.03. The minimum absolute atomic E-state index is 0.179. The van der Waals surface area contributed by atoms with Gasteiger partial charge < -0.3 is 9.47 Å². The molecule has 0 aromatic heterocycles. The largest absolute Gasteiger partial charge is 0.465 e. The summed E-state index contributed by atoms with van der Waals surface area (Å²) in [5.41, 5.74) is 0.847. The second kappa shape index (κ2) is 8.67. The molecule has 0 aliphatic rings. The van der Waals surface area contributed by atoms with Crippen LogP contribution in [0.2, 0.25) is 5.02 Å². The highest BCUT2D eigenvalue weighted by atomic mass is 35.5. The molecule has 0 atom stereocenters. The Kier molecular flexibility index (Phi) is 7.23. The molecule has 0 heterocycles. The number of carbonyl (C=O) groups excluding carboxylic acids is 2. The van der Waals surface area contributed by atoms with E-state index in [1.807, 2.05) is 20.8 Å². The highest BCUT2D eigenvalue weighted by molar-refractivity contribution is 6.31. The highest BCUT2D eigenvalue weighted by Crippen LogP contribution is 2.21. The van der Waals surface area contributed by atoms with Crippen LogP contribution in [0.4, 0.5) is 0 Å². The van der Waals surface area contributed by atoms with Crippen LogP contribution in [-0.4, -0.2) is 18.5 Å². The summed E-state index contributed by atoms with van der Waals surface area (Å²) in [7, 11) is 0. The van der Waals surface area contributed by atoms with Crippen LogP contribution in [0.25, 0.3) is 0 Å². The minimum atomic E-state index is -0.367. The van der Waals surface area contributed by atoms with Gasteiger partial charge in [0, 0.05) is 17.9 Å². The lowest BCUT2D eigenvalue weighted by molar-refractivity contribution is -0.145. The van der Waals surface area contributed by atoms with Crippen molar-refractivity contribution in [2.24, 2.45) is 5.92 Å². The predicted octanol–water partition coefficient (Wildman–Crippen LogP) is 3.92. The summed E-state index contributed by atoms with van der Waals surface area (Å²) in [5, 5.41) is 0.627. The zero-order valence-corrected chi connectivity index (χ0v) is 13.4. The molecule has 0 radical (unpaired) electrons. The molecule has 0 fully saturated rings. The first-order valence-electron chi connectivity index (χ1n) is 7.01. The second-order valence-electron chi connectivity index (χ2n) is 5.32. The standard InChI is InChI=1S/C16H21ClO4/c1-11(2)10-20-15(18)5-4-6-16(19)21-13-7-8-14(17)12(3)9-13/h7-9,11H,4-6,10H2,1-3H3. The second-order valence-corrected chi connectivity index (χ2v) is 5.72. The van der Waals surface area contributed by atoms with Gasteiger partial charge >= 0.3 is 11.9 Å². The Morgan fingerprint density at radius 3 is 2.48 bits per heavy atom. The zero-order valence-electron chi connectivity index (χ0n) is 12.6. The van der Waals surface area contributed by atoms with Gasteiger partial charge in [0.05, 0.1) is 6.61 Å². The van der Waals surface area contributed by atoms with Crippen LogP contribution in [0.5, 0.6) is 5.75 Å².